The molecule has 1 aliphatic carbocycles. The number of oxime groups is 1. The minimum Gasteiger partial charge on any atom is -0.364 e. The summed E-state index contributed by atoms with van der Waals surface area (Å²) < 4.78 is 0. The van der Waals surface area contributed by atoms with Crippen molar-refractivity contribution in [3.8, 4) is 0 Å². The first-order valence-corrected chi connectivity index (χ1v) is 10.2. The van der Waals surface area contributed by atoms with Crippen LogP contribution in [-0.4, -0.2) is 22.9 Å². The van der Waals surface area contributed by atoms with Crippen LogP contribution in [0.15, 0.2) is 69.5 Å². The van der Waals surface area contributed by atoms with E-state index in [-0.39, 0.29) is 5.78 Å². The van der Waals surface area contributed by atoms with E-state index in [1.165, 1.54) is 19.8 Å². The molecule has 1 unspecified atom stereocenters. The molecule has 0 saturated heterocycles. The Morgan fingerprint density at radius 1 is 1.11 bits per heavy atom. The first-order chi connectivity index (χ1) is 13.1. The van der Waals surface area contributed by atoms with Gasteiger partial charge < -0.3 is 9.94 Å². The van der Waals surface area contributed by atoms with E-state index in [2.05, 4.69) is 17.3 Å². The molecule has 0 bridgehead atoms. The van der Waals surface area contributed by atoms with Gasteiger partial charge in [-0.15, -0.1) is 0 Å². The van der Waals surface area contributed by atoms with Gasteiger partial charge in [-0.25, -0.2) is 0 Å². The van der Waals surface area contributed by atoms with Crippen LogP contribution >= 0.6 is 11.8 Å². The second kappa shape index (κ2) is 9.72. The van der Waals surface area contributed by atoms with Gasteiger partial charge in [-0.3, -0.25) is 4.79 Å². The highest BCUT2D eigenvalue weighted by Gasteiger charge is 2.23. The number of hydrogen-bond donors (Lipinski definition) is 1. The third kappa shape index (κ3) is 5.94. The summed E-state index contributed by atoms with van der Waals surface area (Å²) >= 11 is 1.66. The van der Waals surface area contributed by atoms with Crippen LogP contribution in [0.4, 0.5) is 0 Å². The number of Topliss-reactive ketones (excluding diaryl/α,β-unsaturated/α-hetero) is 1. The van der Waals surface area contributed by atoms with Crippen molar-refractivity contribution in [3.63, 3.8) is 0 Å². The van der Waals surface area contributed by atoms with E-state index in [4.69, 9.17) is 4.84 Å². The maximum absolute atomic E-state index is 12.9. The number of hydrogen-bond acceptors (Lipinski definition) is 5. The number of carbonyl (C=O) groups is 1. The molecule has 4 nitrogen and oxygen atoms in total. The van der Waals surface area contributed by atoms with E-state index in [0.717, 1.165) is 22.6 Å². The standard InChI is InChI=1S/C22H25NO3S/c1-16(24)26-23-21(15-17-7-5-6-8-17)22(25)18-11-13-20(14-12-18)27-19-9-3-2-4-10-19/h2-4,9-14,16-17,24H,5-8,15H2,1H3/b23-21-. The second-order valence-corrected chi connectivity index (χ2v) is 8.01. The fraction of sp³-hybridized carbons (Fsp3) is 0.364. The first-order valence-electron chi connectivity index (χ1n) is 9.40. The zero-order chi connectivity index (χ0) is 19.1. The van der Waals surface area contributed by atoms with Gasteiger partial charge in [0.1, 0.15) is 5.71 Å². The van der Waals surface area contributed by atoms with Crippen LogP contribution in [0.25, 0.3) is 0 Å². The third-order valence-electron chi connectivity index (χ3n) is 4.63. The molecule has 0 heterocycles. The van der Waals surface area contributed by atoms with Crippen molar-refractivity contribution >= 4 is 23.3 Å². The van der Waals surface area contributed by atoms with Crippen molar-refractivity contribution in [2.24, 2.45) is 11.1 Å². The summed E-state index contributed by atoms with van der Waals surface area (Å²) in [7, 11) is 0. The van der Waals surface area contributed by atoms with E-state index >= 15 is 0 Å². The highest BCUT2D eigenvalue weighted by atomic mass is 32.2. The Balaban J connectivity index is 1.71. The predicted octanol–water partition coefficient (Wildman–Crippen LogP) is 5.31. The van der Waals surface area contributed by atoms with Crippen molar-refractivity contribution in [2.75, 3.05) is 0 Å². The molecule has 0 amide bonds. The monoisotopic (exact) mass is 383 g/mol. The van der Waals surface area contributed by atoms with Crippen LogP contribution < -0.4 is 0 Å². The Hall–Kier alpha value is -2.11. The van der Waals surface area contributed by atoms with Crippen LogP contribution in [0.5, 0.6) is 0 Å². The number of aliphatic hydroxyl groups excluding tert-OH is 1. The number of rotatable bonds is 8. The molecular weight excluding hydrogens is 358 g/mol. The molecule has 1 aliphatic rings. The average molecular weight is 384 g/mol. The highest BCUT2D eigenvalue weighted by Crippen LogP contribution is 2.30. The lowest BCUT2D eigenvalue weighted by atomic mass is 9.96. The molecule has 2 aromatic rings. The summed E-state index contributed by atoms with van der Waals surface area (Å²) in [6.07, 6.45) is 4.22. The molecule has 0 aliphatic heterocycles. The average Bonchev–Trinajstić information content (AvgIpc) is 3.19. The van der Waals surface area contributed by atoms with Gasteiger partial charge in [0.25, 0.3) is 0 Å². The minimum atomic E-state index is -1.03. The van der Waals surface area contributed by atoms with E-state index in [9.17, 15) is 9.90 Å². The van der Waals surface area contributed by atoms with Crippen molar-refractivity contribution < 1.29 is 14.7 Å². The molecule has 0 spiro atoms. The lowest BCUT2D eigenvalue weighted by Gasteiger charge is -2.12. The summed E-state index contributed by atoms with van der Waals surface area (Å²) in [4.78, 5) is 20.1. The van der Waals surface area contributed by atoms with Crippen molar-refractivity contribution in [1.29, 1.82) is 0 Å². The summed E-state index contributed by atoms with van der Waals surface area (Å²) in [5, 5.41) is 13.3. The smallest absolute Gasteiger partial charge is 0.221 e. The largest absolute Gasteiger partial charge is 0.364 e. The van der Waals surface area contributed by atoms with E-state index in [1.54, 1.807) is 11.8 Å². The predicted molar refractivity (Wildman–Crippen MR) is 108 cm³/mol. The summed E-state index contributed by atoms with van der Waals surface area (Å²) in [6.45, 7) is 1.48. The van der Waals surface area contributed by atoms with Crippen LogP contribution in [-0.2, 0) is 4.84 Å². The van der Waals surface area contributed by atoms with Crippen LogP contribution in [0, 0.1) is 5.92 Å². The topological polar surface area (TPSA) is 58.9 Å². The fourth-order valence-corrected chi connectivity index (χ4v) is 4.10. The van der Waals surface area contributed by atoms with E-state index < -0.39 is 6.29 Å². The van der Waals surface area contributed by atoms with Crippen LogP contribution in [0.1, 0.15) is 49.4 Å². The van der Waals surface area contributed by atoms with Crippen molar-refractivity contribution in [1.82, 2.24) is 0 Å². The van der Waals surface area contributed by atoms with Crippen molar-refractivity contribution in [3.05, 3.63) is 60.2 Å². The van der Waals surface area contributed by atoms with Gasteiger partial charge in [0.15, 0.2) is 0 Å². The summed E-state index contributed by atoms with van der Waals surface area (Å²) in [5.41, 5.74) is 0.990. The lowest BCUT2D eigenvalue weighted by molar-refractivity contribution is -0.0838. The molecule has 1 fully saturated rings. The number of benzene rings is 2. The normalized spacial score (nSPS) is 16.3. The molecule has 2 aromatic carbocycles. The Morgan fingerprint density at radius 2 is 1.74 bits per heavy atom. The summed E-state index contributed by atoms with van der Waals surface area (Å²) in [6, 6.07) is 17.7. The quantitative estimate of drug-likeness (QED) is 0.290. The van der Waals surface area contributed by atoms with Crippen LogP contribution in [0.3, 0.4) is 0 Å². The van der Waals surface area contributed by atoms with Gasteiger partial charge in [-0.1, -0.05) is 60.8 Å². The molecule has 142 valence electrons. The maximum Gasteiger partial charge on any atom is 0.221 e. The summed E-state index contributed by atoms with van der Waals surface area (Å²) in [5.74, 6) is 0.344. The zero-order valence-electron chi connectivity index (χ0n) is 15.5. The molecule has 3 rings (SSSR count). The molecular formula is C22H25NO3S. The molecule has 1 atom stereocenters. The molecule has 5 heteroatoms. The lowest BCUT2D eigenvalue weighted by Crippen LogP contribution is -2.19. The first kappa shape index (κ1) is 19.6. The molecule has 1 N–H and O–H groups in total. The second-order valence-electron chi connectivity index (χ2n) is 6.87. The molecule has 27 heavy (non-hydrogen) atoms. The minimum absolute atomic E-state index is 0.126. The molecule has 0 aromatic heterocycles. The SMILES string of the molecule is CC(O)O/N=C(/CC1CCCC1)C(=O)c1ccc(Sc2ccccc2)cc1. The zero-order valence-corrected chi connectivity index (χ0v) is 16.3. The van der Waals surface area contributed by atoms with Gasteiger partial charge >= 0.3 is 0 Å². The number of aliphatic hydroxyl groups is 1. The highest BCUT2D eigenvalue weighted by molar-refractivity contribution is 7.99. The Bertz CT molecular complexity index is 766. The van der Waals surface area contributed by atoms with Gasteiger partial charge in [0, 0.05) is 22.3 Å². The third-order valence-corrected chi connectivity index (χ3v) is 5.65. The van der Waals surface area contributed by atoms with Gasteiger partial charge in [0.2, 0.25) is 12.1 Å². The molecule has 0 radical (unpaired) electrons. The number of carbonyl (C=O) groups excluding carboxylic acids is 1. The number of nitrogens with zero attached hydrogens (tertiary/aromatic N) is 1. The van der Waals surface area contributed by atoms with Gasteiger partial charge in [0.05, 0.1) is 0 Å². The van der Waals surface area contributed by atoms with Gasteiger partial charge in [-0.05, 0) is 48.7 Å². The Morgan fingerprint density at radius 3 is 2.37 bits per heavy atom. The van der Waals surface area contributed by atoms with E-state index in [1.807, 2.05) is 42.5 Å². The van der Waals surface area contributed by atoms with Crippen molar-refractivity contribution in [2.45, 2.75) is 55.1 Å². The Labute approximate surface area is 164 Å². The van der Waals surface area contributed by atoms with Crippen LogP contribution in [0.2, 0.25) is 0 Å². The fourth-order valence-electron chi connectivity index (χ4n) is 3.26. The maximum atomic E-state index is 12.9. The molecule has 1 saturated carbocycles. The van der Waals surface area contributed by atoms with E-state index in [0.29, 0.717) is 23.6 Å². The van der Waals surface area contributed by atoms with Gasteiger partial charge in [-0.2, -0.15) is 0 Å². The Kier molecular flexibility index (Phi) is 7.07. The number of ketones is 1.